The smallest absolute Gasteiger partial charge is 0.305 e. The first kappa shape index (κ1) is 27.4. The van der Waals surface area contributed by atoms with Gasteiger partial charge in [0.15, 0.2) is 0 Å². The predicted molar refractivity (Wildman–Crippen MR) is 141 cm³/mol. The Hall–Kier alpha value is -2.67. The molecule has 202 valence electrons. The fourth-order valence-corrected chi connectivity index (χ4v) is 5.97. The average Bonchev–Trinajstić information content (AvgIpc) is 2.93. The number of benzene rings is 1. The van der Waals surface area contributed by atoms with E-state index in [1.165, 1.54) is 19.3 Å². The topological polar surface area (TPSA) is 95.9 Å². The zero-order valence-corrected chi connectivity index (χ0v) is 21.9. The normalized spacial score (nSPS) is 26.2. The van der Waals surface area contributed by atoms with E-state index in [4.69, 9.17) is 4.74 Å². The lowest BCUT2D eigenvalue weighted by Gasteiger charge is -2.37. The second-order valence-corrected chi connectivity index (χ2v) is 11.0. The Bertz CT molecular complexity index is 955. The third-order valence-electron chi connectivity index (χ3n) is 8.15. The SMILES string of the molecule is O=C1CCCC=CC[C@H](CC(=O)N2Cc3ccccc3C[C@H]2CO)C(=O)N[C@@H](CC2CCCCC2)CO1. The van der Waals surface area contributed by atoms with Gasteiger partial charge in [0, 0.05) is 19.4 Å². The van der Waals surface area contributed by atoms with E-state index in [0.29, 0.717) is 38.1 Å². The highest BCUT2D eigenvalue weighted by atomic mass is 16.5. The first-order valence-electron chi connectivity index (χ1n) is 14.1. The van der Waals surface area contributed by atoms with Gasteiger partial charge < -0.3 is 20.1 Å². The van der Waals surface area contributed by atoms with Crippen molar-refractivity contribution in [3.8, 4) is 0 Å². The third kappa shape index (κ3) is 7.91. The van der Waals surface area contributed by atoms with Crippen LogP contribution in [0.4, 0.5) is 0 Å². The van der Waals surface area contributed by atoms with Crippen molar-refractivity contribution in [3.05, 3.63) is 47.5 Å². The van der Waals surface area contributed by atoms with E-state index < -0.39 is 5.92 Å². The van der Waals surface area contributed by atoms with Gasteiger partial charge in [-0.2, -0.15) is 0 Å². The molecular weight excluding hydrogens is 468 g/mol. The minimum Gasteiger partial charge on any atom is -0.463 e. The summed E-state index contributed by atoms with van der Waals surface area (Å²) in [4.78, 5) is 41.0. The Morgan fingerprint density at radius 3 is 2.62 bits per heavy atom. The lowest BCUT2D eigenvalue weighted by Crippen LogP contribution is -2.48. The number of fused-ring (bicyclic) bond motifs is 1. The van der Waals surface area contributed by atoms with Crippen molar-refractivity contribution < 1.29 is 24.2 Å². The van der Waals surface area contributed by atoms with Gasteiger partial charge in [0.2, 0.25) is 11.8 Å². The molecule has 0 spiro atoms. The van der Waals surface area contributed by atoms with Crippen LogP contribution < -0.4 is 5.32 Å². The number of carbonyl (C=O) groups excluding carboxylic acids is 3. The lowest BCUT2D eigenvalue weighted by atomic mass is 9.84. The summed E-state index contributed by atoms with van der Waals surface area (Å²) in [7, 11) is 0. The summed E-state index contributed by atoms with van der Waals surface area (Å²) >= 11 is 0. The molecule has 1 aromatic rings. The first-order valence-corrected chi connectivity index (χ1v) is 14.1. The summed E-state index contributed by atoms with van der Waals surface area (Å²) in [5, 5.41) is 13.2. The molecule has 0 radical (unpaired) electrons. The Kier molecular flexibility index (Phi) is 10.2. The zero-order valence-electron chi connectivity index (χ0n) is 21.9. The second kappa shape index (κ2) is 13.8. The minimum absolute atomic E-state index is 0.0881. The molecule has 7 nitrogen and oxygen atoms in total. The van der Waals surface area contributed by atoms with E-state index in [1.54, 1.807) is 4.90 Å². The van der Waals surface area contributed by atoms with Gasteiger partial charge in [-0.1, -0.05) is 68.5 Å². The van der Waals surface area contributed by atoms with Crippen LogP contribution in [-0.4, -0.2) is 53.1 Å². The Morgan fingerprint density at radius 2 is 1.84 bits per heavy atom. The van der Waals surface area contributed by atoms with Crippen LogP contribution in [-0.2, 0) is 32.1 Å². The Morgan fingerprint density at radius 1 is 1.05 bits per heavy atom. The van der Waals surface area contributed by atoms with Crippen molar-refractivity contribution in [2.24, 2.45) is 11.8 Å². The van der Waals surface area contributed by atoms with Crippen molar-refractivity contribution in [3.63, 3.8) is 0 Å². The number of carbonyl (C=O) groups is 3. The van der Waals surface area contributed by atoms with E-state index in [2.05, 4.69) is 5.32 Å². The van der Waals surface area contributed by atoms with Crippen molar-refractivity contribution in [1.82, 2.24) is 10.2 Å². The van der Waals surface area contributed by atoms with E-state index >= 15 is 0 Å². The number of hydrogen-bond acceptors (Lipinski definition) is 5. The van der Waals surface area contributed by atoms with Gasteiger partial charge >= 0.3 is 5.97 Å². The molecule has 0 unspecified atom stereocenters. The Balaban J connectivity index is 1.46. The molecule has 7 heteroatoms. The third-order valence-corrected chi connectivity index (χ3v) is 8.15. The highest BCUT2D eigenvalue weighted by molar-refractivity contribution is 5.86. The average molecular weight is 511 g/mol. The zero-order chi connectivity index (χ0) is 26.0. The number of aliphatic hydroxyl groups excluding tert-OH is 1. The van der Waals surface area contributed by atoms with Crippen molar-refractivity contribution in [1.29, 1.82) is 0 Å². The summed E-state index contributed by atoms with van der Waals surface area (Å²) in [6.45, 7) is 0.529. The lowest BCUT2D eigenvalue weighted by molar-refractivity contribution is -0.145. The molecule has 4 rings (SSSR count). The predicted octanol–water partition coefficient (Wildman–Crippen LogP) is 4.07. The van der Waals surface area contributed by atoms with E-state index in [0.717, 1.165) is 36.8 Å². The molecule has 0 saturated heterocycles. The van der Waals surface area contributed by atoms with Crippen molar-refractivity contribution >= 4 is 17.8 Å². The molecule has 3 aliphatic rings. The summed E-state index contributed by atoms with van der Waals surface area (Å²) in [5.41, 5.74) is 2.25. The number of nitrogens with one attached hydrogen (secondary N) is 1. The molecule has 1 aliphatic carbocycles. The summed E-state index contributed by atoms with van der Waals surface area (Å²) < 4.78 is 5.55. The van der Waals surface area contributed by atoms with E-state index in [9.17, 15) is 19.5 Å². The van der Waals surface area contributed by atoms with Gasteiger partial charge in [-0.3, -0.25) is 14.4 Å². The number of esters is 1. The fraction of sp³-hybridized carbons (Fsp3) is 0.633. The standard InChI is InChI=1S/C30H42N2O5/c33-20-27-17-23-12-8-9-14-25(23)19-32(27)28(34)18-24-13-6-1-2-7-15-29(35)37-21-26(31-30(24)36)16-22-10-4-3-5-11-22/h1,6,8-9,12,14,22,24,26-27,33H,2-5,7,10-11,13,15-21H2,(H,31,36)/t24-,26+,27+/m1/s1. The number of aliphatic hydroxyl groups is 1. The van der Waals surface area contributed by atoms with Crippen molar-refractivity contribution in [2.75, 3.05) is 13.2 Å². The Labute approximate surface area is 220 Å². The maximum Gasteiger partial charge on any atom is 0.305 e. The van der Waals surface area contributed by atoms with Crippen LogP contribution in [0.2, 0.25) is 0 Å². The molecule has 1 fully saturated rings. The van der Waals surface area contributed by atoms with Crippen LogP contribution >= 0.6 is 0 Å². The molecule has 2 aliphatic heterocycles. The minimum atomic E-state index is -0.509. The molecule has 0 bridgehead atoms. The summed E-state index contributed by atoms with van der Waals surface area (Å²) in [6.07, 6.45) is 13.7. The number of nitrogens with zero attached hydrogens (tertiary/aromatic N) is 1. The molecule has 2 amide bonds. The van der Waals surface area contributed by atoms with Crippen LogP contribution in [0.1, 0.15) is 81.8 Å². The number of cyclic esters (lactones) is 1. The summed E-state index contributed by atoms with van der Waals surface area (Å²) in [5.74, 6) is -0.478. The van der Waals surface area contributed by atoms with Crippen LogP contribution in [0.5, 0.6) is 0 Å². The quantitative estimate of drug-likeness (QED) is 0.460. The van der Waals surface area contributed by atoms with Crippen LogP contribution in [0.3, 0.4) is 0 Å². The molecule has 2 heterocycles. The highest BCUT2D eigenvalue weighted by Crippen LogP contribution is 2.28. The van der Waals surface area contributed by atoms with E-state index in [-0.39, 0.29) is 49.5 Å². The number of allylic oxidation sites excluding steroid dienone is 2. The number of hydrogen-bond donors (Lipinski definition) is 2. The number of rotatable bonds is 5. The second-order valence-electron chi connectivity index (χ2n) is 11.0. The first-order chi connectivity index (χ1) is 18.0. The van der Waals surface area contributed by atoms with Crippen LogP contribution in [0.25, 0.3) is 0 Å². The van der Waals surface area contributed by atoms with Crippen LogP contribution in [0, 0.1) is 11.8 Å². The molecular formula is C30H42N2O5. The van der Waals surface area contributed by atoms with Gasteiger partial charge in [-0.15, -0.1) is 0 Å². The molecule has 1 aromatic carbocycles. The molecule has 0 aromatic heterocycles. The van der Waals surface area contributed by atoms with Gasteiger partial charge in [-0.25, -0.2) is 0 Å². The van der Waals surface area contributed by atoms with Gasteiger partial charge in [-0.05, 0) is 49.1 Å². The van der Waals surface area contributed by atoms with Crippen LogP contribution in [0.15, 0.2) is 36.4 Å². The van der Waals surface area contributed by atoms with Gasteiger partial charge in [0.25, 0.3) is 0 Å². The maximum atomic E-state index is 13.5. The molecule has 37 heavy (non-hydrogen) atoms. The molecule has 2 N–H and O–H groups in total. The maximum absolute atomic E-state index is 13.5. The molecule has 1 saturated carbocycles. The van der Waals surface area contributed by atoms with Crippen molar-refractivity contribution in [2.45, 2.75) is 95.7 Å². The highest BCUT2D eigenvalue weighted by Gasteiger charge is 2.33. The van der Waals surface area contributed by atoms with E-state index in [1.807, 2.05) is 36.4 Å². The van der Waals surface area contributed by atoms with Gasteiger partial charge in [0.1, 0.15) is 6.61 Å². The van der Waals surface area contributed by atoms with Gasteiger partial charge in [0.05, 0.1) is 24.6 Å². The number of amides is 2. The number of ether oxygens (including phenoxy) is 1. The monoisotopic (exact) mass is 510 g/mol. The largest absolute Gasteiger partial charge is 0.463 e. The molecule has 3 atom stereocenters. The fourth-order valence-electron chi connectivity index (χ4n) is 5.97. The summed E-state index contributed by atoms with van der Waals surface area (Å²) in [6, 6.07) is 7.49.